The lowest BCUT2D eigenvalue weighted by Crippen LogP contribution is -2.36. The number of fused-ring (bicyclic) bond motifs is 1. The maximum Gasteiger partial charge on any atom is 0.278 e. The van der Waals surface area contributed by atoms with Crippen molar-refractivity contribution in [2.75, 3.05) is 7.05 Å². The molecule has 1 amide bonds. The summed E-state index contributed by atoms with van der Waals surface area (Å²) in [6, 6.07) is 16.6. The van der Waals surface area contributed by atoms with Gasteiger partial charge in [-0.05, 0) is 24.6 Å². The summed E-state index contributed by atoms with van der Waals surface area (Å²) in [6.45, 7) is 1.81. The van der Waals surface area contributed by atoms with E-state index >= 15 is 0 Å². The van der Waals surface area contributed by atoms with Crippen molar-refractivity contribution in [1.29, 1.82) is 0 Å². The first kappa shape index (κ1) is 15.9. The summed E-state index contributed by atoms with van der Waals surface area (Å²) >= 11 is 0. The average Bonchev–Trinajstić information content (AvgIpc) is 2.63. The Morgan fingerprint density at radius 1 is 1.12 bits per heavy atom. The summed E-state index contributed by atoms with van der Waals surface area (Å²) in [7, 11) is 1.72. The Kier molecular flexibility index (Phi) is 4.37. The topological polar surface area (TPSA) is 68.1 Å². The van der Waals surface area contributed by atoms with E-state index in [0.29, 0.717) is 10.9 Å². The molecule has 1 aromatic heterocycles. The molecule has 0 saturated carbocycles. The molecule has 0 fully saturated rings. The first-order chi connectivity index (χ1) is 11.6. The summed E-state index contributed by atoms with van der Waals surface area (Å²) in [6.07, 6.45) is 0. The molecule has 3 aromatic rings. The van der Waals surface area contributed by atoms with Gasteiger partial charge in [-0.2, -0.15) is 0 Å². The first-order valence-electron chi connectivity index (χ1n) is 7.71. The number of nitrogens with zero attached hydrogens (tertiary/aromatic N) is 4. The van der Waals surface area contributed by atoms with Crippen LogP contribution in [-0.2, 0) is 11.3 Å². The van der Waals surface area contributed by atoms with Crippen LogP contribution in [0.2, 0.25) is 0 Å². The number of hydrogen-bond acceptors (Lipinski definition) is 4. The standard InChI is InChI=1S/C18H18N4O2/c1-13(14-8-4-3-5-9-14)21(2)17(23)12-22-18(24)15-10-6-7-11-16(15)19-20-22/h3-11,13H,12H2,1-2H3/t13-/m1/s1. The van der Waals surface area contributed by atoms with E-state index in [0.717, 1.165) is 10.2 Å². The highest BCUT2D eigenvalue weighted by atomic mass is 16.2. The van der Waals surface area contributed by atoms with E-state index < -0.39 is 0 Å². The van der Waals surface area contributed by atoms with Crippen LogP contribution in [-0.4, -0.2) is 32.8 Å². The number of carbonyl (C=O) groups is 1. The fourth-order valence-electron chi connectivity index (χ4n) is 2.54. The summed E-state index contributed by atoms with van der Waals surface area (Å²) in [4.78, 5) is 26.5. The van der Waals surface area contributed by atoms with Gasteiger partial charge < -0.3 is 4.90 Å². The molecule has 0 radical (unpaired) electrons. The van der Waals surface area contributed by atoms with Gasteiger partial charge in [0.25, 0.3) is 5.56 Å². The van der Waals surface area contributed by atoms with Gasteiger partial charge in [-0.3, -0.25) is 9.59 Å². The molecule has 1 heterocycles. The molecule has 0 saturated heterocycles. The molecule has 6 nitrogen and oxygen atoms in total. The second-order valence-electron chi connectivity index (χ2n) is 5.66. The lowest BCUT2D eigenvalue weighted by atomic mass is 10.1. The van der Waals surface area contributed by atoms with Crippen molar-refractivity contribution in [3.8, 4) is 0 Å². The van der Waals surface area contributed by atoms with Crippen molar-refractivity contribution >= 4 is 16.8 Å². The Balaban J connectivity index is 1.82. The highest BCUT2D eigenvalue weighted by molar-refractivity contribution is 5.78. The van der Waals surface area contributed by atoms with Crippen LogP contribution in [0, 0.1) is 0 Å². The molecule has 0 aliphatic rings. The van der Waals surface area contributed by atoms with Crippen LogP contribution in [0.15, 0.2) is 59.4 Å². The largest absolute Gasteiger partial charge is 0.337 e. The average molecular weight is 322 g/mol. The first-order valence-corrected chi connectivity index (χ1v) is 7.71. The van der Waals surface area contributed by atoms with Crippen LogP contribution >= 0.6 is 0 Å². The van der Waals surface area contributed by atoms with Crippen LogP contribution in [0.1, 0.15) is 18.5 Å². The zero-order valence-electron chi connectivity index (χ0n) is 13.6. The number of benzene rings is 2. The smallest absolute Gasteiger partial charge is 0.278 e. The number of aromatic nitrogens is 3. The van der Waals surface area contributed by atoms with E-state index in [9.17, 15) is 9.59 Å². The number of rotatable bonds is 4. The maximum absolute atomic E-state index is 12.5. The molecule has 0 aliphatic heterocycles. The van der Waals surface area contributed by atoms with Gasteiger partial charge >= 0.3 is 0 Å². The summed E-state index contributed by atoms with van der Waals surface area (Å²) in [5, 5.41) is 8.32. The highest BCUT2D eigenvalue weighted by Gasteiger charge is 2.19. The van der Waals surface area contributed by atoms with Crippen molar-refractivity contribution in [1.82, 2.24) is 19.9 Å². The zero-order chi connectivity index (χ0) is 17.1. The summed E-state index contributed by atoms with van der Waals surface area (Å²) < 4.78 is 1.11. The third kappa shape index (κ3) is 3.03. The fourth-order valence-corrected chi connectivity index (χ4v) is 2.54. The summed E-state index contributed by atoms with van der Waals surface area (Å²) in [5.41, 5.74) is 1.25. The molecular weight excluding hydrogens is 304 g/mol. The van der Waals surface area contributed by atoms with Gasteiger partial charge in [0.1, 0.15) is 12.1 Å². The van der Waals surface area contributed by atoms with Gasteiger partial charge in [0, 0.05) is 7.05 Å². The molecule has 0 unspecified atom stereocenters. The van der Waals surface area contributed by atoms with Crippen molar-refractivity contribution in [2.24, 2.45) is 0 Å². The molecular formula is C18H18N4O2. The highest BCUT2D eigenvalue weighted by Crippen LogP contribution is 2.18. The Morgan fingerprint density at radius 3 is 2.54 bits per heavy atom. The van der Waals surface area contributed by atoms with Crippen LogP contribution in [0.5, 0.6) is 0 Å². The Labute approximate surface area is 139 Å². The van der Waals surface area contributed by atoms with Crippen LogP contribution in [0.3, 0.4) is 0 Å². The molecule has 24 heavy (non-hydrogen) atoms. The molecule has 6 heteroatoms. The number of carbonyl (C=O) groups excluding carboxylic acids is 1. The predicted octanol–water partition coefficient (Wildman–Crippen LogP) is 2.01. The van der Waals surface area contributed by atoms with Crippen molar-refractivity contribution < 1.29 is 4.79 Å². The molecule has 0 aliphatic carbocycles. The van der Waals surface area contributed by atoms with Crippen molar-refractivity contribution in [3.05, 3.63) is 70.5 Å². The number of likely N-dealkylation sites (N-methyl/N-ethyl adjacent to an activating group) is 1. The van der Waals surface area contributed by atoms with Crippen LogP contribution < -0.4 is 5.56 Å². The molecule has 0 spiro atoms. The predicted molar refractivity (Wildman–Crippen MR) is 91.4 cm³/mol. The molecule has 1 atom stereocenters. The second kappa shape index (κ2) is 6.62. The third-order valence-corrected chi connectivity index (χ3v) is 4.17. The second-order valence-corrected chi connectivity index (χ2v) is 5.66. The van der Waals surface area contributed by atoms with E-state index in [2.05, 4.69) is 10.3 Å². The van der Waals surface area contributed by atoms with Gasteiger partial charge in [0.05, 0.1) is 11.4 Å². The Bertz CT molecular complexity index is 921. The van der Waals surface area contributed by atoms with E-state index in [1.165, 1.54) is 0 Å². The van der Waals surface area contributed by atoms with Crippen LogP contribution in [0.25, 0.3) is 10.9 Å². The van der Waals surface area contributed by atoms with Gasteiger partial charge in [-0.1, -0.05) is 47.7 Å². The minimum absolute atomic E-state index is 0.0946. The third-order valence-electron chi connectivity index (χ3n) is 4.17. The number of amides is 1. The van der Waals surface area contributed by atoms with Gasteiger partial charge in [-0.15, -0.1) is 5.10 Å². The SMILES string of the molecule is C[C@H](c1ccccc1)N(C)C(=O)Cn1nnc2ccccc2c1=O. The van der Waals surface area contributed by atoms with E-state index in [1.54, 1.807) is 36.2 Å². The van der Waals surface area contributed by atoms with E-state index in [4.69, 9.17) is 0 Å². The Morgan fingerprint density at radius 2 is 1.79 bits per heavy atom. The normalized spacial score (nSPS) is 12.1. The van der Waals surface area contributed by atoms with E-state index in [-0.39, 0.29) is 24.1 Å². The summed E-state index contributed by atoms with van der Waals surface area (Å²) in [5.74, 6) is -0.196. The molecule has 0 bridgehead atoms. The monoisotopic (exact) mass is 322 g/mol. The minimum atomic E-state index is -0.310. The molecule has 2 aromatic carbocycles. The minimum Gasteiger partial charge on any atom is -0.337 e. The maximum atomic E-state index is 12.5. The Hall–Kier alpha value is -3.02. The lowest BCUT2D eigenvalue weighted by Gasteiger charge is -2.25. The lowest BCUT2D eigenvalue weighted by molar-refractivity contribution is -0.132. The van der Waals surface area contributed by atoms with Crippen molar-refractivity contribution in [3.63, 3.8) is 0 Å². The van der Waals surface area contributed by atoms with Gasteiger partial charge in [-0.25, -0.2) is 4.68 Å². The fraction of sp³-hybridized carbons (Fsp3) is 0.222. The van der Waals surface area contributed by atoms with Crippen LogP contribution in [0.4, 0.5) is 0 Å². The molecule has 0 N–H and O–H groups in total. The molecule has 3 rings (SSSR count). The van der Waals surface area contributed by atoms with Gasteiger partial charge in [0.15, 0.2) is 0 Å². The van der Waals surface area contributed by atoms with Crippen molar-refractivity contribution in [2.45, 2.75) is 19.5 Å². The van der Waals surface area contributed by atoms with Gasteiger partial charge in [0.2, 0.25) is 5.91 Å². The zero-order valence-corrected chi connectivity index (χ0v) is 13.6. The van der Waals surface area contributed by atoms with E-state index in [1.807, 2.05) is 37.3 Å². The molecule has 122 valence electrons. The quantitative estimate of drug-likeness (QED) is 0.737. The number of hydrogen-bond donors (Lipinski definition) is 0.